The first-order valence-electron chi connectivity index (χ1n) is 6.88. The first-order chi connectivity index (χ1) is 9.06. The molecule has 0 spiro atoms. The first kappa shape index (κ1) is 14.0. The molecule has 1 amide bonds. The van der Waals surface area contributed by atoms with Gasteiger partial charge in [0.05, 0.1) is 6.54 Å². The standard InChI is InChI=1S/C15H23N3O/c1-11-4-5-12(2)14(8-11)17-15(19)10-18-7-6-16-9-13(18)3/h4-5,8,13,16H,6-7,9-10H2,1-3H3,(H,17,19)/t13-/m1/s1. The number of piperazine rings is 1. The summed E-state index contributed by atoms with van der Waals surface area (Å²) in [5, 5.41) is 6.35. The van der Waals surface area contributed by atoms with Gasteiger partial charge in [-0.05, 0) is 38.0 Å². The summed E-state index contributed by atoms with van der Waals surface area (Å²) in [6, 6.07) is 6.54. The summed E-state index contributed by atoms with van der Waals surface area (Å²) in [7, 11) is 0. The molecule has 4 heteroatoms. The molecule has 1 aromatic rings. The number of amides is 1. The van der Waals surface area contributed by atoms with Crippen molar-refractivity contribution in [2.75, 3.05) is 31.5 Å². The Morgan fingerprint density at radius 1 is 1.47 bits per heavy atom. The number of rotatable bonds is 3. The third kappa shape index (κ3) is 3.78. The third-order valence-corrected chi connectivity index (χ3v) is 3.65. The molecule has 1 heterocycles. The molecule has 1 aromatic carbocycles. The fourth-order valence-electron chi connectivity index (χ4n) is 2.36. The van der Waals surface area contributed by atoms with Gasteiger partial charge in [-0.15, -0.1) is 0 Å². The third-order valence-electron chi connectivity index (χ3n) is 3.65. The maximum absolute atomic E-state index is 12.1. The molecule has 2 rings (SSSR count). The Hall–Kier alpha value is -1.39. The highest BCUT2D eigenvalue weighted by Gasteiger charge is 2.20. The second-order valence-electron chi connectivity index (χ2n) is 5.39. The van der Waals surface area contributed by atoms with Gasteiger partial charge in [0.15, 0.2) is 0 Å². The van der Waals surface area contributed by atoms with E-state index in [0.717, 1.165) is 36.4 Å². The molecule has 0 aliphatic carbocycles. The highest BCUT2D eigenvalue weighted by molar-refractivity contribution is 5.93. The van der Waals surface area contributed by atoms with E-state index in [1.54, 1.807) is 0 Å². The summed E-state index contributed by atoms with van der Waals surface area (Å²) in [5.74, 6) is 0.0717. The maximum Gasteiger partial charge on any atom is 0.238 e. The van der Waals surface area contributed by atoms with E-state index in [1.165, 1.54) is 0 Å². The van der Waals surface area contributed by atoms with Crippen molar-refractivity contribution in [3.8, 4) is 0 Å². The van der Waals surface area contributed by atoms with Crippen LogP contribution in [0, 0.1) is 13.8 Å². The zero-order chi connectivity index (χ0) is 13.8. The Kier molecular flexibility index (Phi) is 4.56. The fourth-order valence-corrected chi connectivity index (χ4v) is 2.36. The van der Waals surface area contributed by atoms with Crippen molar-refractivity contribution in [3.05, 3.63) is 29.3 Å². The van der Waals surface area contributed by atoms with Crippen molar-refractivity contribution in [1.29, 1.82) is 0 Å². The van der Waals surface area contributed by atoms with Crippen molar-refractivity contribution < 1.29 is 4.79 Å². The van der Waals surface area contributed by atoms with Gasteiger partial charge in [0.2, 0.25) is 5.91 Å². The Morgan fingerprint density at radius 3 is 3.00 bits per heavy atom. The predicted molar refractivity (Wildman–Crippen MR) is 78.5 cm³/mol. The summed E-state index contributed by atoms with van der Waals surface area (Å²) in [4.78, 5) is 14.3. The largest absolute Gasteiger partial charge is 0.325 e. The van der Waals surface area contributed by atoms with E-state index in [-0.39, 0.29) is 5.91 Å². The summed E-state index contributed by atoms with van der Waals surface area (Å²) < 4.78 is 0. The van der Waals surface area contributed by atoms with Crippen LogP contribution in [0.3, 0.4) is 0 Å². The average Bonchev–Trinajstić information content (AvgIpc) is 2.37. The van der Waals surface area contributed by atoms with Gasteiger partial charge in [-0.1, -0.05) is 12.1 Å². The molecule has 1 aliphatic rings. The molecule has 1 fully saturated rings. The van der Waals surface area contributed by atoms with Gasteiger partial charge < -0.3 is 10.6 Å². The van der Waals surface area contributed by atoms with Crippen molar-refractivity contribution in [2.45, 2.75) is 26.8 Å². The lowest BCUT2D eigenvalue weighted by molar-refractivity contribution is -0.118. The number of benzene rings is 1. The van der Waals surface area contributed by atoms with Crippen LogP contribution >= 0.6 is 0 Å². The number of hydrogen-bond acceptors (Lipinski definition) is 3. The van der Waals surface area contributed by atoms with Gasteiger partial charge in [0, 0.05) is 31.4 Å². The predicted octanol–water partition coefficient (Wildman–Crippen LogP) is 1.54. The minimum atomic E-state index is 0.0717. The van der Waals surface area contributed by atoms with Gasteiger partial charge in [-0.2, -0.15) is 0 Å². The van der Waals surface area contributed by atoms with Crippen LogP contribution in [0.4, 0.5) is 5.69 Å². The molecule has 4 nitrogen and oxygen atoms in total. The SMILES string of the molecule is Cc1ccc(C)c(NC(=O)CN2CCNC[C@H]2C)c1. The molecule has 19 heavy (non-hydrogen) atoms. The molecule has 1 atom stereocenters. The topological polar surface area (TPSA) is 44.4 Å². The molecule has 0 bridgehead atoms. The first-order valence-corrected chi connectivity index (χ1v) is 6.88. The van der Waals surface area contributed by atoms with Crippen LogP contribution in [0.2, 0.25) is 0 Å². The van der Waals surface area contributed by atoms with Crippen molar-refractivity contribution in [1.82, 2.24) is 10.2 Å². The molecular formula is C15H23N3O. The van der Waals surface area contributed by atoms with Crippen LogP contribution in [0.25, 0.3) is 0 Å². The van der Waals surface area contributed by atoms with Crippen molar-refractivity contribution in [3.63, 3.8) is 0 Å². The van der Waals surface area contributed by atoms with Gasteiger partial charge in [-0.3, -0.25) is 9.69 Å². The molecule has 104 valence electrons. The quantitative estimate of drug-likeness (QED) is 0.867. The van der Waals surface area contributed by atoms with Crippen LogP contribution < -0.4 is 10.6 Å². The number of aryl methyl sites for hydroxylation is 2. The van der Waals surface area contributed by atoms with E-state index in [0.29, 0.717) is 12.6 Å². The van der Waals surface area contributed by atoms with Gasteiger partial charge in [0.1, 0.15) is 0 Å². The Bertz CT molecular complexity index is 459. The van der Waals surface area contributed by atoms with E-state index in [4.69, 9.17) is 0 Å². The maximum atomic E-state index is 12.1. The van der Waals surface area contributed by atoms with E-state index in [2.05, 4.69) is 28.5 Å². The lowest BCUT2D eigenvalue weighted by Crippen LogP contribution is -2.52. The van der Waals surface area contributed by atoms with Crippen LogP contribution in [-0.2, 0) is 4.79 Å². The van der Waals surface area contributed by atoms with E-state index >= 15 is 0 Å². The minimum Gasteiger partial charge on any atom is -0.325 e. The van der Waals surface area contributed by atoms with Gasteiger partial charge in [0.25, 0.3) is 0 Å². The molecule has 1 aliphatic heterocycles. The Labute approximate surface area is 115 Å². The molecule has 1 saturated heterocycles. The Morgan fingerprint density at radius 2 is 2.26 bits per heavy atom. The van der Waals surface area contributed by atoms with Crippen LogP contribution in [-0.4, -0.2) is 43.0 Å². The summed E-state index contributed by atoms with van der Waals surface area (Å²) in [6.45, 7) is 9.52. The molecule has 2 N–H and O–H groups in total. The van der Waals surface area contributed by atoms with E-state index in [9.17, 15) is 4.79 Å². The number of nitrogens with one attached hydrogen (secondary N) is 2. The summed E-state index contributed by atoms with van der Waals surface area (Å²) >= 11 is 0. The van der Waals surface area contributed by atoms with Crippen molar-refractivity contribution in [2.24, 2.45) is 0 Å². The fraction of sp³-hybridized carbons (Fsp3) is 0.533. The molecule has 0 unspecified atom stereocenters. The highest BCUT2D eigenvalue weighted by Crippen LogP contribution is 2.16. The number of nitrogens with zero attached hydrogens (tertiary/aromatic N) is 1. The Balaban J connectivity index is 1.95. The van der Waals surface area contributed by atoms with Gasteiger partial charge >= 0.3 is 0 Å². The minimum absolute atomic E-state index is 0.0717. The smallest absolute Gasteiger partial charge is 0.238 e. The molecule has 0 radical (unpaired) electrons. The normalized spacial score (nSPS) is 20.3. The zero-order valence-corrected chi connectivity index (χ0v) is 12.0. The van der Waals surface area contributed by atoms with E-state index < -0.39 is 0 Å². The lowest BCUT2D eigenvalue weighted by Gasteiger charge is -2.33. The molecule has 0 saturated carbocycles. The average molecular weight is 261 g/mol. The molecule has 0 aromatic heterocycles. The zero-order valence-electron chi connectivity index (χ0n) is 12.0. The van der Waals surface area contributed by atoms with Crippen LogP contribution in [0.15, 0.2) is 18.2 Å². The lowest BCUT2D eigenvalue weighted by atomic mass is 10.1. The highest BCUT2D eigenvalue weighted by atomic mass is 16.2. The monoisotopic (exact) mass is 261 g/mol. The second-order valence-corrected chi connectivity index (χ2v) is 5.39. The van der Waals surface area contributed by atoms with E-state index in [1.807, 2.05) is 26.0 Å². The molecular weight excluding hydrogens is 238 g/mol. The summed E-state index contributed by atoms with van der Waals surface area (Å²) in [6.07, 6.45) is 0. The number of carbonyl (C=O) groups excluding carboxylic acids is 1. The second kappa shape index (κ2) is 6.17. The number of carbonyl (C=O) groups is 1. The van der Waals surface area contributed by atoms with Crippen molar-refractivity contribution >= 4 is 11.6 Å². The van der Waals surface area contributed by atoms with Crippen LogP contribution in [0.5, 0.6) is 0 Å². The summed E-state index contributed by atoms with van der Waals surface area (Å²) in [5.41, 5.74) is 3.19. The number of anilines is 1. The van der Waals surface area contributed by atoms with Gasteiger partial charge in [-0.25, -0.2) is 0 Å². The number of hydrogen-bond donors (Lipinski definition) is 2. The van der Waals surface area contributed by atoms with Crippen LogP contribution in [0.1, 0.15) is 18.1 Å².